The van der Waals surface area contributed by atoms with Crippen LogP contribution in [0.2, 0.25) is 10.0 Å². The predicted molar refractivity (Wildman–Crippen MR) is 259 cm³/mol. The standard InChI is InChI=1S/C48H48Cl2FN9O6S/c1-26-38-27(2)42(50)43(41(26)49)65-34(22-54-17-15-52-3)24-63-33-10-11-35(64-23-32-13-14-56-45(60-32)29-7-12-37(57-21-29)55-18-16-53-4)30(19-33)20-36(48(61)62)66-46-40-39(38)44(67-47(40)59-25-58-46)28-5-8-31(51)9-6-28/h5-14,19,21,25,34,36,52-54H,15-18,20,22-24H2,1-4H3,(H,55,57)(H,61,62)/t34-,36-/m1/s1. The van der Waals surface area contributed by atoms with Crippen molar-refractivity contribution in [2.45, 2.75) is 39.1 Å². The van der Waals surface area contributed by atoms with Gasteiger partial charge in [-0.3, -0.25) is 0 Å². The van der Waals surface area contributed by atoms with Crippen molar-refractivity contribution in [2.24, 2.45) is 0 Å². The Kier molecular flexibility index (Phi) is 15.3. The second-order valence-electron chi connectivity index (χ2n) is 15.7. The van der Waals surface area contributed by atoms with E-state index in [-0.39, 0.29) is 41.3 Å². The number of hydrogen-bond donors (Lipinski definition) is 5. The van der Waals surface area contributed by atoms with E-state index in [2.05, 4.69) is 41.2 Å². The van der Waals surface area contributed by atoms with Crippen molar-refractivity contribution >= 4 is 56.5 Å². The van der Waals surface area contributed by atoms with Gasteiger partial charge in [-0.15, -0.1) is 11.3 Å². The van der Waals surface area contributed by atoms with Crippen LogP contribution in [0, 0.1) is 19.7 Å². The number of likely N-dealkylation sites (N-methyl/N-ethyl adjacent to an activating group) is 2. The number of benzene rings is 3. The molecule has 0 saturated carbocycles. The number of hydrogen-bond acceptors (Lipinski definition) is 15. The van der Waals surface area contributed by atoms with Gasteiger partial charge in [0.25, 0.3) is 0 Å². The van der Waals surface area contributed by atoms with Crippen molar-refractivity contribution in [3.63, 3.8) is 0 Å². The minimum atomic E-state index is -1.48. The summed E-state index contributed by atoms with van der Waals surface area (Å²) in [6.07, 6.45) is 2.44. The van der Waals surface area contributed by atoms with E-state index in [1.54, 1.807) is 48.8 Å². The van der Waals surface area contributed by atoms with Gasteiger partial charge in [0.2, 0.25) is 12.0 Å². The first-order valence-corrected chi connectivity index (χ1v) is 23.1. The molecule has 0 aliphatic carbocycles. The zero-order valence-electron chi connectivity index (χ0n) is 37.1. The zero-order chi connectivity index (χ0) is 47.0. The highest BCUT2D eigenvalue weighted by atomic mass is 35.5. The van der Waals surface area contributed by atoms with Crippen LogP contribution >= 0.6 is 34.5 Å². The average Bonchev–Trinajstić information content (AvgIpc) is 3.72. The van der Waals surface area contributed by atoms with E-state index in [1.165, 1.54) is 29.8 Å². The third-order valence-electron chi connectivity index (χ3n) is 11.0. The fourth-order valence-corrected chi connectivity index (χ4v) is 9.26. The maximum absolute atomic E-state index is 14.3. The van der Waals surface area contributed by atoms with E-state index in [0.717, 1.165) is 24.5 Å². The molecule has 2 aliphatic rings. The molecule has 2 aliphatic heterocycles. The summed E-state index contributed by atoms with van der Waals surface area (Å²) in [5.41, 5.74) is 4.96. The van der Waals surface area contributed by atoms with Crippen molar-refractivity contribution in [1.82, 2.24) is 40.9 Å². The molecular formula is C48H48Cl2FN9O6S. The Morgan fingerprint density at radius 2 is 1.66 bits per heavy atom. The van der Waals surface area contributed by atoms with Crippen LogP contribution in [0.3, 0.4) is 0 Å². The number of aromatic nitrogens is 5. The molecule has 67 heavy (non-hydrogen) atoms. The van der Waals surface area contributed by atoms with Gasteiger partial charge in [-0.25, -0.2) is 34.1 Å². The first-order chi connectivity index (χ1) is 32.5. The van der Waals surface area contributed by atoms with Gasteiger partial charge in [0.1, 0.15) is 53.6 Å². The summed E-state index contributed by atoms with van der Waals surface area (Å²) in [4.78, 5) is 37.3. The molecule has 9 rings (SSSR count). The van der Waals surface area contributed by atoms with Crippen LogP contribution in [0.4, 0.5) is 10.2 Å². The highest BCUT2D eigenvalue weighted by Crippen LogP contribution is 2.53. The second kappa shape index (κ2) is 21.6. The van der Waals surface area contributed by atoms with Gasteiger partial charge >= 0.3 is 5.97 Å². The van der Waals surface area contributed by atoms with E-state index in [1.807, 2.05) is 40.1 Å². The topological polar surface area (TPSA) is 187 Å². The number of halogens is 3. The molecule has 0 amide bonds. The van der Waals surface area contributed by atoms with Crippen molar-refractivity contribution in [3.05, 3.63) is 118 Å². The van der Waals surface area contributed by atoms with Crippen LogP contribution in [-0.2, 0) is 17.8 Å². The van der Waals surface area contributed by atoms with Crippen LogP contribution < -0.4 is 40.2 Å². The lowest BCUT2D eigenvalue weighted by Gasteiger charge is -2.25. The van der Waals surface area contributed by atoms with Crippen LogP contribution in [0.15, 0.2) is 79.4 Å². The van der Waals surface area contributed by atoms with E-state index in [4.69, 9.17) is 47.1 Å². The van der Waals surface area contributed by atoms with Crippen molar-refractivity contribution in [2.75, 3.05) is 58.7 Å². The molecule has 0 spiro atoms. The van der Waals surface area contributed by atoms with Gasteiger partial charge < -0.3 is 45.3 Å². The Morgan fingerprint density at radius 3 is 2.39 bits per heavy atom. The summed E-state index contributed by atoms with van der Waals surface area (Å²) in [6.45, 7) is 7.06. The molecule has 19 heteroatoms. The Bertz CT molecular complexity index is 2850. The van der Waals surface area contributed by atoms with Crippen LogP contribution in [-0.4, -0.2) is 102 Å². The quantitative estimate of drug-likeness (QED) is 0.0619. The van der Waals surface area contributed by atoms with E-state index < -0.39 is 24.0 Å². The largest absolute Gasteiger partial charge is 0.490 e. The van der Waals surface area contributed by atoms with Gasteiger partial charge in [0.05, 0.1) is 21.1 Å². The first kappa shape index (κ1) is 47.3. The monoisotopic (exact) mass is 967 g/mol. The Labute approximate surface area is 400 Å². The van der Waals surface area contributed by atoms with Crippen LogP contribution in [0.25, 0.3) is 43.2 Å². The van der Waals surface area contributed by atoms with Gasteiger partial charge in [0, 0.05) is 73.1 Å². The number of fused-ring (bicyclic) bond motifs is 7. The summed E-state index contributed by atoms with van der Waals surface area (Å²) < 4.78 is 40.3. The molecular weight excluding hydrogens is 921 g/mol. The summed E-state index contributed by atoms with van der Waals surface area (Å²) in [7, 11) is 3.76. The lowest BCUT2D eigenvalue weighted by molar-refractivity contribution is -0.145. The molecule has 4 aromatic heterocycles. The Balaban J connectivity index is 1.20. The number of carboxylic acids is 1. The summed E-state index contributed by atoms with van der Waals surface area (Å²) in [5.74, 6) is 0.641. The number of pyridine rings is 1. The molecule has 7 aromatic rings. The smallest absolute Gasteiger partial charge is 0.345 e. The minimum Gasteiger partial charge on any atom is -0.490 e. The van der Waals surface area contributed by atoms with Gasteiger partial charge in [-0.05, 0) is 98.7 Å². The molecule has 0 fully saturated rings. The predicted octanol–water partition coefficient (Wildman–Crippen LogP) is 8.17. The van der Waals surface area contributed by atoms with E-state index in [9.17, 15) is 14.3 Å². The molecule has 0 saturated heterocycles. The highest BCUT2D eigenvalue weighted by molar-refractivity contribution is 7.22. The van der Waals surface area contributed by atoms with Crippen molar-refractivity contribution in [1.29, 1.82) is 0 Å². The molecule has 348 valence electrons. The number of carbonyl (C=O) groups is 1. The van der Waals surface area contributed by atoms with Gasteiger partial charge in [-0.2, -0.15) is 0 Å². The molecule has 4 bridgehead atoms. The van der Waals surface area contributed by atoms with Crippen molar-refractivity contribution < 1.29 is 33.2 Å². The molecule has 15 nitrogen and oxygen atoms in total. The van der Waals surface area contributed by atoms with Crippen LogP contribution in [0.1, 0.15) is 22.4 Å². The number of thiophene rings is 1. The molecule has 0 unspecified atom stereocenters. The van der Waals surface area contributed by atoms with Gasteiger partial charge in [0.15, 0.2) is 11.6 Å². The lowest BCUT2D eigenvalue weighted by Crippen LogP contribution is -2.38. The van der Waals surface area contributed by atoms with Gasteiger partial charge in [-0.1, -0.05) is 35.3 Å². The fourth-order valence-electron chi connectivity index (χ4n) is 7.60. The van der Waals surface area contributed by atoms with Crippen LogP contribution in [0.5, 0.6) is 23.1 Å². The third kappa shape index (κ3) is 10.8. The Morgan fingerprint density at radius 1 is 0.896 bits per heavy atom. The summed E-state index contributed by atoms with van der Waals surface area (Å²) in [6, 6.07) is 16.8. The van der Waals surface area contributed by atoms with Crippen molar-refractivity contribution in [3.8, 4) is 56.1 Å². The third-order valence-corrected chi connectivity index (χ3v) is 13.1. The maximum atomic E-state index is 14.3. The minimum absolute atomic E-state index is 0.0140. The molecule has 0 radical (unpaired) electrons. The second-order valence-corrected chi connectivity index (χ2v) is 17.4. The number of aliphatic carboxylic acids is 1. The fraction of sp³-hybridized carbons (Fsp3) is 0.292. The van der Waals surface area contributed by atoms with E-state index in [0.29, 0.717) is 91.1 Å². The maximum Gasteiger partial charge on any atom is 0.345 e. The average molecular weight is 969 g/mol. The normalized spacial score (nSPS) is 14.8. The number of nitrogens with zero attached hydrogens (tertiary/aromatic N) is 5. The molecule has 5 N–H and O–H groups in total. The number of ether oxygens (including phenoxy) is 4. The Hall–Kier alpha value is -6.21. The lowest BCUT2D eigenvalue weighted by atomic mass is 9.92. The SMILES string of the molecule is CNCCNC[C@@H]1COc2ccc(OCc3ccnc(-c4ccc(NCCNC)nc4)n3)c(c2)C[C@H](C(=O)O)Oc2ncnc3sc(-c4ccc(F)cc4)c(c23)-c2c(C)c(Cl)c(c(Cl)c2C)O1. The molecule has 2 atom stereocenters. The number of nitrogens with one attached hydrogen (secondary N) is 4. The summed E-state index contributed by atoms with van der Waals surface area (Å²) in [5, 5.41) is 24.7. The number of rotatable bonds is 15. The zero-order valence-corrected chi connectivity index (χ0v) is 39.4. The first-order valence-electron chi connectivity index (χ1n) is 21.5. The molecule has 3 aromatic carbocycles. The highest BCUT2D eigenvalue weighted by Gasteiger charge is 2.31. The number of carboxylic acid groups (broad SMARTS) is 1. The molecule has 6 heterocycles. The summed E-state index contributed by atoms with van der Waals surface area (Å²) >= 11 is 15.8. The van der Waals surface area contributed by atoms with E-state index >= 15 is 0 Å². The number of anilines is 1.